The van der Waals surface area contributed by atoms with E-state index in [1.54, 1.807) is 4.68 Å². The van der Waals surface area contributed by atoms with E-state index in [2.05, 4.69) is 15.4 Å². The number of anilines is 1. The summed E-state index contributed by atoms with van der Waals surface area (Å²) in [6.45, 7) is 3.99. The summed E-state index contributed by atoms with van der Waals surface area (Å²) in [5.41, 5.74) is 0.461. The molecule has 0 saturated heterocycles. The van der Waals surface area contributed by atoms with Crippen molar-refractivity contribution in [1.29, 1.82) is 0 Å². The second-order valence-corrected chi connectivity index (χ2v) is 7.85. The molecule has 9 nitrogen and oxygen atoms in total. The zero-order valence-electron chi connectivity index (χ0n) is 14.4. The summed E-state index contributed by atoms with van der Waals surface area (Å²) >= 11 is 1.38. The maximum absolute atomic E-state index is 12.9. The molecule has 0 fully saturated rings. The molecule has 2 aliphatic rings. The average molecular weight is 375 g/mol. The molecular formula is C16H17N5O4S. The van der Waals surface area contributed by atoms with Gasteiger partial charge in [-0.2, -0.15) is 4.98 Å². The van der Waals surface area contributed by atoms with Crippen LogP contribution >= 0.6 is 11.8 Å². The molecule has 0 spiro atoms. The van der Waals surface area contributed by atoms with Crippen LogP contribution < -0.4 is 5.32 Å². The van der Waals surface area contributed by atoms with Crippen molar-refractivity contribution in [3.05, 3.63) is 39.8 Å². The van der Waals surface area contributed by atoms with Gasteiger partial charge in [0.2, 0.25) is 11.1 Å². The van der Waals surface area contributed by atoms with Crippen molar-refractivity contribution >= 4 is 29.4 Å². The molecule has 0 bridgehead atoms. The minimum absolute atomic E-state index is 0.0379. The summed E-state index contributed by atoms with van der Waals surface area (Å²) in [4.78, 5) is 27.8. The topological polar surface area (TPSA) is 116 Å². The minimum atomic E-state index is -0.608. The highest BCUT2D eigenvalue weighted by Crippen LogP contribution is 2.46. The first kappa shape index (κ1) is 16.8. The normalized spacial score (nSPS) is 23.7. The van der Waals surface area contributed by atoms with Crippen molar-refractivity contribution in [3.8, 4) is 0 Å². The summed E-state index contributed by atoms with van der Waals surface area (Å²) in [5.74, 6) is -0.0552. The van der Waals surface area contributed by atoms with Crippen LogP contribution in [0.5, 0.6) is 0 Å². The lowest BCUT2D eigenvalue weighted by Gasteiger charge is -2.39. The number of Topliss-reactive ketones (excluding diaryl/α,β-unsaturated/α-hetero) is 1. The first-order valence-corrected chi connectivity index (χ1v) is 9.29. The summed E-state index contributed by atoms with van der Waals surface area (Å²) in [6, 6.07) is 2.22. The van der Waals surface area contributed by atoms with Crippen molar-refractivity contribution in [1.82, 2.24) is 14.8 Å². The number of carbonyl (C=O) groups excluding carboxylic acids is 1. The SMILES string of the molecule is CSc1nc2n(n1)[C@@H](c1ccc([N+](=O)[O-])o1)[C@@H]1C(=O)CC(C)(C)C=C1N2. The molecule has 1 N–H and O–H groups in total. The summed E-state index contributed by atoms with van der Waals surface area (Å²) in [6.07, 6.45) is 4.26. The van der Waals surface area contributed by atoms with E-state index in [0.717, 1.165) is 5.70 Å². The maximum atomic E-state index is 12.9. The highest BCUT2D eigenvalue weighted by atomic mass is 32.2. The molecule has 2 aromatic rings. The van der Waals surface area contributed by atoms with Crippen molar-refractivity contribution in [3.63, 3.8) is 0 Å². The van der Waals surface area contributed by atoms with Gasteiger partial charge in [-0.15, -0.1) is 5.10 Å². The lowest BCUT2D eigenvalue weighted by molar-refractivity contribution is -0.402. The van der Waals surface area contributed by atoms with E-state index in [0.29, 0.717) is 23.3 Å². The fraction of sp³-hybridized carbons (Fsp3) is 0.438. The molecule has 2 aromatic heterocycles. The Kier molecular flexibility index (Phi) is 3.69. The van der Waals surface area contributed by atoms with E-state index in [-0.39, 0.29) is 17.1 Å². The zero-order chi connectivity index (χ0) is 18.6. The molecule has 136 valence electrons. The molecule has 1 aliphatic heterocycles. The predicted octanol–water partition coefficient (Wildman–Crippen LogP) is 3.02. The van der Waals surface area contributed by atoms with E-state index >= 15 is 0 Å². The van der Waals surface area contributed by atoms with Gasteiger partial charge in [-0.25, -0.2) is 4.68 Å². The number of ketones is 1. The monoisotopic (exact) mass is 375 g/mol. The van der Waals surface area contributed by atoms with E-state index in [1.807, 2.05) is 26.2 Å². The highest BCUT2D eigenvalue weighted by molar-refractivity contribution is 7.98. The van der Waals surface area contributed by atoms with E-state index < -0.39 is 16.9 Å². The van der Waals surface area contributed by atoms with E-state index in [4.69, 9.17) is 4.42 Å². The van der Waals surface area contributed by atoms with Gasteiger partial charge in [-0.3, -0.25) is 14.9 Å². The fourth-order valence-corrected chi connectivity index (χ4v) is 3.93. The van der Waals surface area contributed by atoms with Gasteiger partial charge >= 0.3 is 5.88 Å². The molecule has 0 unspecified atom stereocenters. The highest BCUT2D eigenvalue weighted by Gasteiger charge is 2.46. The Bertz CT molecular complexity index is 944. The van der Waals surface area contributed by atoms with Gasteiger partial charge < -0.3 is 9.73 Å². The predicted molar refractivity (Wildman–Crippen MR) is 93.9 cm³/mol. The third-order valence-electron chi connectivity index (χ3n) is 4.57. The largest absolute Gasteiger partial charge is 0.433 e. The van der Waals surface area contributed by atoms with Crippen molar-refractivity contribution in [2.45, 2.75) is 31.5 Å². The Hall–Kier alpha value is -2.62. The first-order valence-electron chi connectivity index (χ1n) is 8.06. The molecule has 1 aliphatic carbocycles. The molecule has 4 rings (SSSR count). The van der Waals surface area contributed by atoms with Crippen molar-refractivity contribution < 1.29 is 14.1 Å². The summed E-state index contributed by atoms with van der Waals surface area (Å²) in [5, 5.41) is 19.2. The molecule has 3 heterocycles. The standard InChI is InChI=1S/C16H17N5O4S/c1-16(2)6-8-12(9(22)7-16)13(10-4-5-11(25-10)21(23)24)20-14(17-8)18-15(19-20)26-3/h4-6,12-13H,7H2,1-3H3,(H,17,18,19)/t12-,13-/m0/s1. The van der Waals surface area contributed by atoms with Gasteiger partial charge in [-0.1, -0.05) is 31.7 Å². The number of aromatic nitrogens is 3. The Balaban J connectivity index is 1.89. The van der Waals surface area contributed by atoms with E-state index in [9.17, 15) is 14.9 Å². The zero-order valence-corrected chi connectivity index (χ0v) is 15.2. The van der Waals surface area contributed by atoms with Gasteiger partial charge in [-0.05, 0) is 17.7 Å². The number of rotatable bonds is 3. The second kappa shape index (κ2) is 5.70. The molecule has 0 amide bonds. The minimum Gasteiger partial charge on any atom is -0.403 e. The van der Waals surface area contributed by atoms with Crippen LogP contribution in [0, 0.1) is 21.4 Å². The molecule has 0 radical (unpaired) electrons. The Morgan fingerprint density at radius 1 is 1.46 bits per heavy atom. The Morgan fingerprint density at radius 2 is 2.23 bits per heavy atom. The molecule has 0 aromatic carbocycles. The summed E-state index contributed by atoms with van der Waals surface area (Å²) in [7, 11) is 0. The number of fused-ring (bicyclic) bond motifs is 2. The van der Waals surface area contributed by atoms with Crippen LogP contribution in [0.2, 0.25) is 0 Å². The number of nitrogens with zero attached hydrogens (tertiary/aromatic N) is 4. The molecule has 10 heteroatoms. The maximum Gasteiger partial charge on any atom is 0.433 e. The number of hydrogen-bond acceptors (Lipinski definition) is 8. The number of allylic oxidation sites excluding steroid dienone is 2. The first-order chi connectivity index (χ1) is 12.3. The Morgan fingerprint density at radius 3 is 2.88 bits per heavy atom. The van der Waals surface area contributed by atoms with Gasteiger partial charge in [0, 0.05) is 12.1 Å². The molecular weight excluding hydrogens is 358 g/mol. The number of furan rings is 1. The van der Waals surface area contributed by atoms with Crippen LogP contribution in [0.3, 0.4) is 0 Å². The number of nitro groups is 1. The van der Waals surface area contributed by atoms with Crippen LogP contribution in [-0.4, -0.2) is 31.7 Å². The Labute approximate surface area is 153 Å². The number of thioether (sulfide) groups is 1. The van der Waals surface area contributed by atoms with Gasteiger partial charge in [0.25, 0.3) is 0 Å². The van der Waals surface area contributed by atoms with Gasteiger partial charge in [0.1, 0.15) is 22.5 Å². The third kappa shape index (κ3) is 2.61. The van der Waals surface area contributed by atoms with Crippen LogP contribution in [0.1, 0.15) is 32.1 Å². The molecule has 26 heavy (non-hydrogen) atoms. The van der Waals surface area contributed by atoms with Crippen LogP contribution in [0.25, 0.3) is 0 Å². The number of carbonyl (C=O) groups is 1. The second-order valence-electron chi connectivity index (χ2n) is 7.08. The van der Waals surface area contributed by atoms with Crippen LogP contribution in [0.15, 0.2) is 33.5 Å². The smallest absolute Gasteiger partial charge is 0.403 e. The van der Waals surface area contributed by atoms with E-state index in [1.165, 1.54) is 23.9 Å². The quantitative estimate of drug-likeness (QED) is 0.494. The van der Waals surface area contributed by atoms with Crippen LogP contribution in [-0.2, 0) is 4.79 Å². The van der Waals surface area contributed by atoms with Crippen molar-refractivity contribution in [2.75, 3.05) is 11.6 Å². The third-order valence-corrected chi connectivity index (χ3v) is 5.11. The van der Waals surface area contributed by atoms with Gasteiger partial charge in [0.05, 0.1) is 12.0 Å². The fourth-order valence-electron chi connectivity index (χ4n) is 3.58. The number of nitrogens with one attached hydrogen (secondary N) is 1. The summed E-state index contributed by atoms with van der Waals surface area (Å²) < 4.78 is 7.02. The average Bonchev–Trinajstić information content (AvgIpc) is 3.18. The van der Waals surface area contributed by atoms with Crippen molar-refractivity contribution in [2.24, 2.45) is 11.3 Å². The lowest BCUT2D eigenvalue weighted by Crippen LogP contribution is -2.41. The van der Waals surface area contributed by atoms with Crippen LogP contribution in [0.4, 0.5) is 11.8 Å². The number of hydrogen-bond donors (Lipinski definition) is 1. The molecule has 0 saturated carbocycles. The molecule has 2 atom stereocenters. The van der Waals surface area contributed by atoms with Gasteiger partial charge in [0.15, 0.2) is 0 Å². The lowest BCUT2D eigenvalue weighted by atomic mass is 9.73.